The number of hydrogen-bond acceptors (Lipinski definition) is 9. The monoisotopic (exact) mass is 589 g/mol. The van der Waals surface area contributed by atoms with Gasteiger partial charge in [0.05, 0.1) is 25.5 Å². The average Bonchev–Trinajstić information content (AvgIpc) is 3.24. The second-order valence-corrected chi connectivity index (χ2v) is 9.21. The number of pyridine rings is 3. The molecule has 2 N–H and O–H groups in total. The number of carbonyl (C=O) groups excluding carboxylic acids is 1. The lowest BCUT2D eigenvalue weighted by Crippen LogP contribution is -2.27. The van der Waals surface area contributed by atoms with Crippen molar-refractivity contribution < 1.29 is 32.2 Å². The number of fused-ring (bicyclic) bond motifs is 1. The SMILES string of the molecule is CCCCOCCn1cc(C(F)(F)F)cc(Nc2nc3ncc(Oc4ccnc(NC(C)=O)c4)c(OC)c3n2C)c1=O. The van der Waals surface area contributed by atoms with Crippen LogP contribution in [0.2, 0.25) is 0 Å². The van der Waals surface area contributed by atoms with Crippen LogP contribution >= 0.6 is 0 Å². The molecule has 4 heterocycles. The number of unbranched alkanes of at least 4 members (excludes halogenated alkanes) is 1. The number of nitrogens with zero attached hydrogens (tertiary/aromatic N) is 5. The minimum absolute atomic E-state index is 0.0481. The van der Waals surface area contributed by atoms with Gasteiger partial charge in [-0.15, -0.1) is 0 Å². The lowest BCUT2D eigenvalue weighted by atomic mass is 10.2. The van der Waals surface area contributed by atoms with Gasteiger partial charge >= 0.3 is 6.18 Å². The topological polar surface area (TPSA) is 134 Å². The van der Waals surface area contributed by atoms with Gasteiger partial charge in [0.25, 0.3) is 5.56 Å². The van der Waals surface area contributed by atoms with E-state index in [1.165, 1.54) is 37.1 Å². The minimum Gasteiger partial charge on any atom is -0.491 e. The Balaban J connectivity index is 1.68. The zero-order valence-electron chi connectivity index (χ0n) is 23.4. The highest BCUT2D eigenvalue weighted by Crippen LogP contribution is 2.38. The molecule has 0 spiro atoms. The first kappa shape index (κ1) is 30.3. The third-order valence-corrected chi connectivity index (χ3v) is 6.07. The van der Waals surface area contributed by atoms with Crippen molar-refractivity contribution in [3.63, 3.8) is 0 Å². The standard InChI is InChI=1S/C27H30F3N7O5/c1-5-6-10-41-11-9-37-15-17(27(28,29)30)12-19(25(37)39)34-26-35-24-22(36(26)3)23(40-4)20(14-32-24)42-18-7-8-31-21(13-18)33-16(2)38/h7-8,12-15H,5-6,9-11H2,1-4H3,(H,31,33,38)(H,32,34,35). The number of hydrogen-bond donors (Lipinski definition) is 2. The van der Waals surface area contributed by atoms with Gasteiger partial charge in [-0.05, 0) is 18.6 Å². The van der Waals surface area contributed by atoms with Crippen LogP contribution in [-0.2, 0) is 29.3 Å². The van der Waals surface area contributed by atoms with Crippen LogP contribution in [0.4, 0.5) is 30.6 Å². The van der Waals surface area contributed by atoms with Crippen molar-refractivity contribution in [1.29, 1.82) is 0 Å². The van der Waals surface area contributed by atoms with Gasteiger partial charge in [-0.25, -0.2) is 9.97 Å². The Morgan fingerprint density at radius 3 is 2.64 bits per heavy atom. The molecule has 0 saturated carbocycles. The summed E-state index contributed by atoms with van der Waals surface area (Å²) in [7, 11) is 2.99. The minimum atomic E-state index is -4.69. The van der Waals surface area contributed by atoms with E-state index < -0.39 is 17.3 Å². The largest absolute Gasteiger partial charge is 0.491 e. The summed E-state index contributed by atoms with van der Waals surface area (Å²) in [6, 6.07) is 3.82. The molecule has 0 aliphatic carbocycles. The number of imidazole rings is 1. The van der Waals surface area contributed by atoms with E-state index in [0.717, 1.165) is 29.7 Å². The van der Waals surface area contributed by atoms with Gasteiger partial charge in [0, 0.05) is 45.6 Å². The fourth-order valence-electron chi connectivity index (χ4n) is 4.03. The first-order valence-corrected chi connectivity index (χ1v) is 13.0. The number of ether oxygens (including phenoxy) is 3. The second-order valence-electron chi connectivity index (χ2n) is 9.21. The Labute approximate surface area is 238 Å². The van der Waals surface area contributed by atoms with Crippen LogP contribution in [0.25, 0.3) is 11.2 Å². The van der Waals surface area contributed by atoms with Gasteiger partial charge in [0.1, 0.15) is 22.8 Å². The predicted molar refractivity (Wildman–Crippen MR) is 148 cm³/mol. The number of amides is 1. The summed E-state index contributed by atoms with van der Waals surface area (Å²) < 4.78 is 60.5. The maximum atomic E-state index is 13.7. The highest BCUT2D eigenvalue weighted by Gasteiger charge is 2.32. The van der Waals surface area contributed by atoms with Crippen molar-refractivity contribution >= 4 is 34.5 Å². The molecule has 1 amide bonds. The summed E-state index contributed by atoms with van der Waals surface area (Å²) in [5.74, 6) is 0.780. The lowest BCUT2D eigenvalue weighted by Gasteiger charge is -2.15. The predicted octanol–water partition coefficient (Wildman–Crippen LogP) is 4.86. The first-order chi connectivity index (χ1) is 20.0. The molecule has 15 heteroatoms. The molecule has 0 aliphatic rings. The van der Waals surface area contributed by atoms with Crippen molar-refractivity contribution in [2.45, 2.75) is 39.4 Å². The number of anilines is 3. The molecule has 0 bridgehead atoms. The Hall–Kier alpha value is -4.66. The van der Waals surface area contributed by atoms with Crippen molar-refractivity contribution in [1.82, 2.24) is 24.1 Å². The average molecular weight is 590 g/mol. The highest BCUT2D eigenvalue weighted by atomic mass is 19.4. The van der Waals surface area contributed by atoms with Crippen LogP contribution in [0.3, 0.4) is 0 Å². The molecular weight excluding hydrogens is 559 g/mol. The molecule has 224 valence electrons. The highest BCUT2D eigenvalue weighted by molar-refractivity contribution is 5.88. The normalized spacial score (nSPS) is 11.5. The Kier molecular flexibility index (Phi) is 9.30. The van der Waals surface area contributed by atoms with Crippen LogP contribution in [-0.4, -0.2) is 50.3 Å². The molecule has 0 unspecified atom stereocenters. The number of alkyl halides is 3. The zero-order valence-corrected chi connectivity index (χ0v) is 23.4. The molecule has 4 aromatic heterocycles. The number of aryl methyl sites for hydroxylation is 1. The van der Waals surface area contributed by atoms with Gasteiger partial charge < -0.3 is 34.0 Å². The summed E-state index contributed by atoms with van der Waals surface area (Å²) in [6.45, 7) is 3.82. The summed E-state index contributed by atoms with van der Waals surface area (Å²) >= 11 is 0. The summed E-state index contributed by atoms with van der Waals surface area (Å²) in [4.78, 5) is 37.2. The zero-order chi connectivity index (χ0) is 30.4. The van der Waals surface area contributed by atoms with Gasteiger partial charge in [-0.1, -0.05) is 13.3 Å². The number of nitrogens with one attached hydrogen (secondary N) is 2. The molecule has 0 aliphatic heterocycles. The molecule has 12 nitrogen and oxygen atoms in total. The van der Waals surface area contributed by atoms with E-state index in [1.807, 2.05) is 6.92 Å². The molecule has 0 atom stereocenters. The summed E-state index contributed by atoms with van der Waals surface area (Å²) in [5, 5.41) is 5.29. The number of methoxy groups -OCH3 is 1. The van der Waals surface area contributed by atoms with E-state index in [4.69, 9.17) is 14.2 Å². The fourth-order valence-corrected chi connectivity index (χ4v) is 4.03. The molecule has 0 saturated heterocycles. The Bertz CT molecular complexity index is 1640. The van der Waals surface area contributed by atoms with Crippen molar-refractivity contribution in [2.75, 3.05) is 31.0 Å². The van der Waals surface area contributed by atoms with Gasteiger partial charge in [0.15, 0.2) is 17.1 Å². The van der Waals surface area contributed by atoms with Crippen LogP contribution < -0.4 is 25.7 Å². The second kappa shape index (κ2) is 12.9. The van der Waals surface area contributed by atoms with E-state index in [9.17, 15) is 22.8 Å². The first-order valence-electron chi connectivity index (χ1n) is 13.0. The maximum Gasteiger partial charge on any atom is 0.417 e. The Morgan fingerprint density at radius 1 is 1.17 bits per heavy atom. The molecule has 0 aromatic carbocycles. The van der Waals surface area contributed by atoms with Crippen molar-refractivity contribution in [2.24, 2.45) is 7.05 Å². The van der Waals surface area contributed by atoms with Crippen LogP contribution in [0.5, 0.6) is 17.2 Å². The van der Waals surface area contributed by atoms with Crippen molar-refractivity contribution in [3.8, 4) is 17.2 Å². The molecule has 0 fully saturated rings. The number of carbonyl (C=O) groups is 1. The summed E-state index contributed by atoms with van der Waals surface area (Å²) in [6.07, 6.45) is 0.617. The van der Waals surface area contributed by atoms with Crippen LogP contribution in [0.1, 0.15) is 32.3 Å². The molecule has 0 radical (unpaired) electrons. The number of halogens is 3. The van der Waals surface area contributed by atoms with Gasteiger partial charge in [-0.2, -0.15) is 18.2 Å². The third kappa shape index (κ3) is 6.97. The van der Waals surface area contributed by atoms with Crippen molar-refractivity contribution in [3.05, 3.63) is 52.7 Å². The molecule has 42 heavy (non-hydrogen) atoms. The number of rotatable bonds is 12. The summed E-state index contributed by atoms with van der Waals surface area (Å²) in [5.41, 5.74) is -1.46. The van der Waals surface area contributed by atoms with Crippen LogP contribution in [0, 0.1) is 0 Å². The smallest absolute Gasteiger partial charge is 0.417 e. The fraction of sp³-hybridized carbons (Fsp3) is 0.370. The lowest BCUT2D eigenvalue weighted by molar-refractivity contribution is -0.138. The van der Waals surface area contributed by atoms with E-state index in [-0.39, 0.29) is 53.7 Å². The van der Waals surface area contributed by atoms with E-state index in [0.29, 0.717) is 17.9 Å². The quantitative estimate of drug-likeness (QED) is 0.222. The Morgan fingerprint density at radius 2 is 1.95 bits per heavy atom. The molecule has 4 rings (SSSR count). The van der Waals surface area contributed by atoms with Gasteiger partial charge in [0.2, 0.25) is 11.9 Å². The van der Waals surface area contributed by atoms with Crippen LogP contribution in [0.15, 0.2) is 41.6 Å². The maximum absolute atomic E-state index is 13.7. The third-order valence-electron chi connectivity index (χ3n) is 6.07. The van der Waals surface area contributed by atoms with E-state index in [1.54, 1.807) is 13.1 Å². The van der Waals surface area contributed by atoms with E-state index >= 15 is 0 Å². The van der Waals surface area contributed by atoms with Gasteiger partial charge in [-0.3, -0.25) is 9.59 Å². The number of aromatic nitrogens is 5. The molecule has 4 aromatic rings. The molecular formula is C27H30F3N7O5. The van der Waals surface area contributed by atoms with E-state index in [2.05, 4.69) is 25.6 Å².